The second-order valence-electron chi connectivity index (χ2n) is 5.41. The smallest absolute Gasteiger partial charge is 0.195 e. The van der Waals surface area contributed by atoms with Crippen molar-refractivity contribution in [1.29, 1.82) is 0 Å². The molecule has 0 saturated carbocycles. The molecule has 6 nitrogen and oxygen atoms in total. The Bertz CT molecular complexity index is 660. The highest BCUT2D eigenvalue weighted by Gasteiger charge is 2.07. The summed E-state index contributed by atoms with van der Waals surface area (Å²) < 4.78 is 16.3. The monoisotopic (exact) mass is 473 g/mol. The summed E-state index contributed by atoms with van der Waals surface area (Å²) in [5.41, 5.74) is 0.893. The summed E-state index contributed by atoms with van der Waals surface area (Å²) in [7, 11) is 1.63. The molecule has 0 spiro atoms. The maximum absolute atomic E-state index is 5.62. The Hall–Kier alpha value is -1.90. The van der Waals surface area contributed by atoms with E-state index in [1.165, 1.54) is 0 Å². The van der Waals surface area contributed by atoms with Crippen LogP contribution in [0.3, 0.4) is 0 Å². The second kappa shape index (κ2) is 12.5. The van der Waals surface area contributed by atoms with E-state index in [1.807, 2.05) is 37.3 Å². The van der Waals surface area contributed by atoms with Gasteiger partial charge in [0.2, 0.25) is 0 Å². The predicted molar refractivity (Wildman–Crippen MR) is 116 cm³/mol. The first-order chi connectivity index (χ1) is 12.3. The van der Waals surface area contributed by atoms with Gasteiger partial charge in [-0.05, 0) is 37.6 Å². The number of hydrogen-bond donors (Lipinski definition) is 2. The van der Waals surface area contributed by atoms with Crippen LogP contribution in [0.25, 0.3) is 0 Å². The Kier molecular flexibility index (Phi) is 10.6. The third-order valence-electron chi connectivity index (χ3n) is 3.46. The number of hydrogen-bond acceptors (Lipinski definition) is 4. The molecule has 0 aliphatic carbocycles. The van der Waals surface area contributed by atoms with Crippen LogP contribution in [0.4, 0.5) is 5.69 Å². The first-order valence-corrected chi connectivity index (χ1v) is 8.65. The van der Waals surface area contributed by atoms with Crippen LogP contribution >= 0.6 is 24.0 Å². The summed E-state index contributed by atoms with van der Waals surface area (Å²) >= 11 is 0. The van der Waals surface area contributed by atoms with Crippen molar-refractivity contribution in [2.75, 3.05) is 32.1 Å². The van der Waals surface area contributed by atoms with Crippen LogP contribution in [0, 0.1) is 0 Å². The molecule has 0 saturated heterocycles. The van der Waals surface area contributed by atoms with Gasteiger partial charge < -0.3 is 24.5 Å². The number of ether oxygens (including phenoxy) is 2. The summed E-state index contributed by atoms with van der Waals surface area (Å²) in [6.45, 7) is 6.12. The van der Waals surface area contributed by atoms with Crippen molar-refractivity contribution in [2.45, 2.75) is 26.7 Å². The van der Waals surface area contributed by atoms with Crippen molar-refractivity contribution >= 4 is 35.6 Å². The van der Waals surface area contributed by atoms with E-state index in [0.29, 0.717) is 18.1 Å². The molecule has 0 fully saturated rings. The average Bonchev–Trinajstić information content (AvgIpc) is 3.13. The highest BCUT2D eigenvalue weighted by atomic mass is 127. The first kappa shape index (κ1) is 22.1. The van der Waals surface area contributed by atoms with Gasteiger partial charge in [-0.3, -0.25) is 4.99 Å². The molecule has 0 unspecified atom stereocenters. The number of rotatable bonds is 9. The van der Waals surface area contributed by atoms with Crippen LogP contribution in [-0.4, -0.2) is 32.8 Å². The summed E-state index contributed by atoms with van der Waals surface area (Å²) in [5, 5.41) is 6.64. The van der Waals surface area contributed by atoms with Gasteiger partial charge in [-0.25, -0.2) is 0 Å². The summed E-state index contributed by atoms with van der Waals surface area (Å²) in [6, 6.07) is 9.60. The van der Waals surface area contributed by atoms with Crippen LogP contribution < -0.4 is 20.1 Å². The quantitative estimate of drug-likeness (QED) is 0.323. The highest BCUT2D eigenvalue weighted by Crippen LogP contribution is 2.30. The first-order valence-electron chi connectivity index (χ1n) is 8.65. The molecule has 26 heavy (non-hydrogen) atoms. The standard InChI is InChI=1S/C19H27N3O3.HI/c1-4-11-20-19(21-12-10-16-7-6-13-25-16)22-15-8-9-17(23-3)18(14-15)24-5-2;/h6-9,13-14H,4-5,10-12H2,1-3H3,(H2,20,21,22);1H. The fourth-order valence-electron chi connectivity index (χ4n) is 2.28. The zero-order chi connectivity index (χ0) is 17.9. The molecule has 2 N–H and O–H groups in total. The number of benzene rings is 1. The molecule has 1 heterocycles. The average molecular weight is 473 g/mol. The minimum absolute atomic E-state index is 0. The molecule has 1 aromatic heterocycles. The zero-order valence-corrected chi connectivity index (χ0v) is 17.9. The lowest BCUT2D eigenvalue weighted by Crippen LogP contribution is -2.32. The van der Waals surface area contributed by atoms with Crippen molar-refractivity contribution < 1.29 is 13.9 Å². The van der Waals surface area contributed by atoms with Gasteiger partial charge in [-0.15, -0.1) is 24.0 Å². The lowest BCUT2D eigenvalue weighted by Gasteiger charge is -2.15. The summed E-state index contributed by atoms with van der Waals surface area (Å²) in [4.78, 5) is 4.57. The third-order valence-corrected chi connectivity index (χ3v) is 3.46. The van der Waals surface area contributed by atoms with E-state index in [4.69, 9.17) is 13.9 Å². The molecule has 7 heteroatoms. The number of guanidine groups is 1. The Morgan fingerprint density at radius 2 is 2.04 bits per heavy atom. The van der Waals surface area contributed by atoms with Crippen molar-refractivity contribution in [3.05, 3.63) is 42.4 Å². The van der Waals surface area contributed by atoms with Gasteiger partial charge in [0.05, 0.1) is 20.0 Å². The van der Waals surface area contributed by atoms with E-state index in [2.05, 4.69) is 22.5 Å². The number of aliphatic imine (C=N–C) groups is 1. The van der Waals surface area contributed by atoms with Crippen LogP contribution in [0.2, 0.25) is 0 Å². The molecule has 1 aromatic carbocycles. The van der Waals surface area contributed by atoms with Gasteiger partial charge in [-0.1, -0.05) is 6.92 Å². The highest BCUT2D eigenvalue weighted by molar-refractivity contribution is 14.0. The molecule has 0 atom stereocenters. The van der Waals surface area contributed by atoms with Crippen molar-refractivity contribution in [1.82, 2.24) is 5.32 Å². The van der Waals surface area contributed by atoms with E-state index in [1.54, 1.807) is 13.4 Å². The van der Waals surface area contributed by atoms with Crippen LogP contribution in [0.1, 0.15) is 26.0 Å². The van der Waals surface area contributed by atoms with E-state index >= 15 is 0 Å². The maximum atomic E-state index is 5.62. The number of methoxy groups -OCH3 is 1. The van der Waals surface area contributed by atoms with Gasteiger partial charge >= 0.3 is 0 Å². The maximum Gasteiger partial charge on any atom is 0.195 e. The number of nitrogens with zero attached hydrogens (tertiary/aromatic N) is 1. The van der Waals surface area contributed by atoms with E-state index in [-0.39, 0.29) is 24.0 Å². The van der Waals surface area contributed by atoms with Gasteiger partial charge in [0.25, 0.3) is 0 Å². The number of halogens is 1. The van der Waals surface area contributed by atoms with Gasteiger partial charge in [0, 0.05) is 31.3 Å². The predicted octanol–water partition coefficient (Wildman–Crippen LogP) is 4.32. The van der Waals surface area contributed by atoms with Crippen LogP contribution in [0.15, 0.2) is 46.0 Å². The molecule has 2 rings (SSSR count). The van der Waals surface area contributed by atoms with Crippen LogP contribution in [-0.2, 0) is 6.42 Å². The molecule has 144 valence electrons. The molecular weight excluding hydrogens is 445 g/mol. The number of nitrogens with one attached hydrogen (secondary N) is 2. The second-order valence-corrected chi connectivity index (χ2v) is 5.41. The lowest BCUT2D eigenvalue weighted by atomic mass is 10.2. The zero-order valence-electron chi connectivity index (χ0n) is 15.6. The largest absolute Gasteiger partial charge is 0.493 e. The molecule has 0 aliphatic rings. The van der Waals surface area contributed by atoms with E-state index in [9.17, 15) is 0 Å². The Morgan fingerprint density at radius 3 is 2.69 bits per heavy atom. The molecule has 0 radical (unpaired) electrons. The van der Waals surface area contributed by atoms with E-state index < -0.39 is 0 Å². The normalized spacial score (nSPS) is 10.8. The fraction of sp³-hybridized carbons (Fsp3) is 0.421. The molecule has 0 bridgehead atoms. The number of furan rings is 1. The lowest BCUT2D eigenvalue weighted by molar-refractivity contribution is 0.311. The van der Waals surface area contributed by atoms with E-state index in [0.717, 1.165) is 43.3 Å². The minimum atomic E-state index is 0. The fourth-order valence-corrected chi connectivity index (χ4v) is 2.28. The molecule has 0 amide bonds. The molecule has 2 aromatic rings. The molecule has 0 aliphatic heterocycles. The summed E-state index contributed by atoms with van der Waals surface area (Å²) in [6.07, 6.45) is 3.47. The van der Waals surface area contributed by atoms with Crippen molar-refractivity contribution in [2.24, 2.45) is 4.99 Å². The Labute approximate surface area is 172 Å². The third kappa shape index (κ3) is 7.15. The Morgan fingerprint density at radius 1 is 1.19 bits per heavy atom. The van der Waals surface area contributed by atoms with Crippen molar-refractivity contribution in [3.63, 3.8) is 0 Å². The van der Waals surface area contributed by atoms with Crippen molar-refractivity contribution in [3.8, 4) is 11.5 Å². The molecular formula is C19H28IN3O3. The topological polar surface area (TPSA) is 68.0 Å². The SMILES string of the molecule is CCCN=C(NCCc1ccco1)Nc1ccc(OC)c(OCC)c1.I. The minimum Gasteiger partial charge on any atom is -0.493 e. The van der Waals surface area contributed by atoms with Gasteiger partial charge in [-0.2, -0.15) is 0 Å². The number of anilines is 1. The Balaban J connectivity index is 0.00000338. The summed E-state index contributed by atoms with van der Waals surface area (Å²) in [5.74, 6) is 3.11. The van der Waals surface area contributed by atoms with Crippen LogP contribution in [0.5, 0.6) is 11.5 Å². The van der Waals surface area contributed by atoms with Gasteiger partial charge in [0.1, 0.15) is 5.76 Å². The van der Waals surface area contributed by atoms with Gasteiger partial charge in [0.15, 0.2) is 17.5 Å².